The smallest absolute Gasteiger partial charge is 0.203 e. The summed E-state index contributed by atoms with van der Waals surface area (Å²) in [5, 5.41) is 13.0. The first-order chi connectivity index (χ1) is 6.97. The van der Waals surface area contributed by atoms with Crippen molar-refractivity contribution >= 4 is 13.9 Å². The first-order valence-electron chi connectivity index (χ1n) is 5.58. The van der Waals surface area contributed by atoms with E-state index in [-0.39, 0.29) is 5.54 Å². The van der Waals surface area contributed by atoms with E-state index in [2.05, 4.69) is 36.1 Å². The molecule has 4 heteroatoms. The fourth-order valence-electron chi connectivity index (χ4n) is 1.28. The predicted molar refractivity (Wildman–Crippen MR) is 69.2 cm³/mol. The first kappa shape index (κ1) is 13.3. The molecule has 1 aliphatic rings. The van der Waals surface area contributed by atoms with Crippen LogP contribution in [0.5, 0.6) is 0 Å². The molecule has 0 saturated heterocycles. The molecule has 0 aliphatic carbocycles. The van der Waals surface area contributed by atoms with Crippen LogP contribution < -0.4 is 0 Å². The van der Waals surface area contributed by atoms with Crippen molar-refractivity contribution in [2.45, 2.75) is 58.4 Å². The van der Waals surface area contributed by atoms with E-state index in [9.17, 15) is 5.21 Å². The Hall–Kier alpha value is -0.793. The highest BCUT2D eigenvalue weighted by Gasteiger charge is 2.49. The first-order valence-corrected chi connectivity index (χ1v) is 9.08. The van der Waals surface area contributed by atoms with Crippen molar-refractivity contribution < 1.29 is 5.21 Å². The maximum absolute atomic E-state index is 12.1. The molecule has 1 aliphatic heterocycles. The van der Waals surface area contributed by atoms with Crippen LogP contribution in [0, 0.1) is 11.5 Å². The van der Waals surface area contributed by atoms with Gasteiger partial charge in [0, 0.05) is 0 Å². The zero-order valence-electron chi connectivity index (χ0n) is 11.3. The van der Waals surface area contributed by atoms with Gasteiger partial charge in [-0.25, -0.2) is 0 Å². The molecule has 0 atom stereocenters. The van der Waals surface area contributed by atoms with Gasteiger partial charge >= 0.3 is 0 Å². The maximum Gasteiger partial charge on any atom is 0.203 e. The molecule has 0 aromatic carbocycles. The van der Waals surface area contributed by atoms with Gasteiger partial charge in [0.1, 0.15) is 8.07 Å². The summed E-state index contributed by atoms with van der Waals surface area (Å²) in [5.41, 5.74) is 2.29. The molecule has 0 aromatic rings. The molecule has 0 amide bonds. The fourth-order valence-corrected chi connectivity index (χ4v) is 1.77. The molecular weight excluding hydrogens is 216 g/mol. The second-order valence-electron chi connectivity index (χ2n) is 6.35. The minimum Gasteiger partial charge on any atom is -0.250 e. The predicted octanol–water partition coefficient (Wildman–Crippen LogP) is 2.48. The zero-order chi connectivity index (χ0) is 12.8. The molecule has 0 saturated carbocycles. The van der Waals surface area contributed by atoms with Crippen molar-refractivity contribution in [2.24, 2.45) is 4.99 Å². The number of amidine groups is 1. The number of aliphatic imine (C=N–C) groups is 1. The van der Waals surface area contributed by atoms with E-state index >= 15 is 0 Å². The van der Waals surface area contributed by atoms with E-state index < -0.39 is 13.6 Å². The molecule has 1 rings (SSSR count). The van der Waals surface area contributed by atoms with E-state index in [1.54, 1.807) is 0 Å². The van der Waals surface area contributed by atoms with Crippen molar-refractivity contribution in [2.75, 3.05) is 0 Å². The molecule has 1 heterocycles. The van der Waals surface area contributed by atoms with E-state index in [4.69, 9.17) is 0 Å². The summed E-state index contributed by atoms with van der Waals surface area (Å²) in [6.45, 7) is 14.2. The van der Waals surface area contributed by atoms with Gasteiger partial charge in [-0.15, -0.1) is 5.54 Å². The largest absolute Gasteiger partial charge is 0.250 e. The highest BCUT2D eigenvalue weighted by Crippen LogP contribution is 2.36. The summed E-state index contributed by atoms with van der Waals surface area (Å²) >= 11 is 0. The van der Waals surface area contributed by atoms with E-state index in [0.29, 0.717) is 5.84 Å². The Morgan fingerprint density at radius 1 is 1.19 bits per heavy atom. The van der Waals surface area contributed by atoms with Gasteiger partial charge in [-0.2, -0.15) is 5.06 Å². The molecule has 3 nitrogen and oxygen atoms in total. The summed E-state index contributed by atoms with van der Waals surface area (Å²) in [7, 11) is -1.45. The highest BCUT2D eigenvalue weighted by atomic mass is 28.3. The Balaban J connectivity index is 3.06. The summed E-state index contributed by atoms with van der Waals surface area (Å²) in [4.78, 5) is 4.44. The lowest BCUT2D eigenvalue weighted by Crippen LogP contribution is -2.50. The van der Waals surface area contributed by atoms with E-state index in [1.165, 1.54) is 0 Å². The minimum absolute atomic E-state index is 0.377. The molecule has 16 heavy (non-hydrogen) atoms. The van der Waals surface area contributed by atoms with E-state index in [0.717, 1.165) is 5.06 Å². The molecule has 89 valence electrons. The molecule has 0 aromatic heterocycles. The number of rotatable bonds is 0. The summed E-state index contributed by atoms with van der Waals surface area (Å²) in [5.74, 6) is 3.34. The monoisotopic (exact) mass is 237 g/mol. The summed E-state index contributed by atoms with van der Waals surface area (Å²) in [6, 6.07) is 0. The summed E-state index contributed by atoms with van der Waals surface area (Å²) < 4.78 is 0. The normalized spacial score (nSPS) is 22.5. The van der Waals surface area contributed by atoms with Crippen molar-refractivity contribution in [3.63, 3.8) is 0 Å². The van der Waals surface area contributed by atoms with Gasteiger partial charge in [-0.1, -0.05) is 24.8 Å². The van der Waals surface area contributed by atoms with Crippen molar-refractivity contribution in [1.29, 1.82) is 0 Å². The molecule has 0 N–H and O–H groups in total. The molecule has 1 radical (unpaired) electrons. The van der Waals surface area contributed by atoms with Gasteiger partial charge < -0.3 is 0 Å². The third kappa shape index (κ3) is 2.31. The van der Waals surface area contributed by atoms with Crippen LogP contribution in [0.3, 0.4) is 0 Å². The third-order valence-corrected chi connectivity index (χ3v) is 4.01. The molecule has 0 bridgehead atoms. The van der Waals surface area contributed by atoms with Crippen molar-refractivity contribution in [1.82, 2.24) is 5.06 Å². The van der Waals surface area contributed by atoms with Gasteiger partial charge in [0.15, 0.2) is 0 Å². The van der Waals surface area contributed by atoms with Crippen LogP contribution >= 0.6 is 0 Å². The molecule has 0 fully saturated rings. The highest BCUT2D eigenvalue weighted by molar-refractivity contribution is 6.84. The number of hydrogen-bond donors (Lipinski definition) is 0. The van der Waals surface area contributed by atoms with Crippen LogP contribution in [-0.2, 0) is 5.21 Å². The standard InChI is InChI=1S/C12H21N2OSi/c1-11(2)12(3,4)14(15)10(13-11)8-9-16(5,6)7/h1-7H3. The Morgan fingerprint density at radius 3 is 2.00 bits per heavy atom. The van der Waals surface area contributed by atoms with Gasteiger partial charge in [-0.05, 0) is 33.6 Å². The molecular formula is C12H21N2OSi. The Morgan fingerprint density at radius 2 is 1.69 bits per heavy atom. The lowest BCUT2D eigenvalue weighted by Gasteiger charge is -2.34. The second-order valence-corrected chi connectivity index (χ2v) is 11.1. The van der Waals surface area contributed by atoms with Gasteiger partial charge in [0.05, 0.1) is 11.1 Å². The lowest BCUT2D eigenvalue weighted by molar-refractivity contribution is -0.157. The van der Waals surface area contributed by atoms with Crippen LogP contribution in [0.25, 0.3) is 0 Å². The van der Waals surface area contributed by atoms with Crippen molar-refractivity contribution in [3.8, 4) is 11.5 Å². The van der Waals surface area contributed by atoms with Gasteiger partial charge in [0.2, 0.25) is 5.84 Å². The fraction of sp³-hybridized carbons (Fsp3) is 0.750. The average molecular weight is 237 g/mol. The van der Waals surface area contributed by atoms with Gasteiger partial charge in [-0.3, -0.25) is 4.99 Å². The Labute approximate surface area is 99.5 Å². The van der Waals surface area contributed by atoms with Crippen LogP contribution in [0.2, 0.25) is 19.6 Å². The Kier molecular flexibility index (Phi) is 2.99. The summed E-state index contributed by atoms with van der Waals surface area (Å²) in [6.07, 6.45) is 0. The minimum atomic E-state index is -1.45. The maximum atomic E-state index is 12.1. The van der Waals surface area contributed by atoms with Crippen LogP contribution in [-0.4, -0.2) is 30.1 Å². The number of nitrogens with zero attached hydrogens (tertiary/aromatic N) is 2. The average Bonchev–Trinajstić information content (AvgIpc) is 2.22. The third-order valence-electron chi connectivity index (χ3n) is 3.13. The zero-order valence-corrected chi connectivity index (χ0v) is 12.3. The number of hydrogen-bond acceptors (Lipinski definition) is 2. The van der Waals surface area contributed by atoms with Crippen LogP contribution in [0.4, 0.5) is 0 Å². The molecule has 0 spiro atoms. The van der Waals surface area contributed by atoms with Crippen molar-refractivity contribution in [3.05, 3.63) is 0 Å². The lowest BCUT2D eigenvalue weighted by atomic mass is 9.84. The quantitative estimate of drug-likeness (QED) is 0.471. The number of hydroxylamine groups is 2. The SMILES string of the molecule is CC1(C)N=C(C#C[Si](C)(C)C)N([O])C1(C)C. The van der Waals surface area contributed by atoms with Crippen LogP contribution in [0.1, 0.15) is 27.7 Å². The van der Waals surface area contributed by atoms with Gasteiger partial charge in [0.25, 0.3) is 0 Å². The Bertz CT molecular complexity index is 380. The topological polar surface area (TPSA) is 35.5 Å². The van der Waals surface area contributed by atoms with Crippen LogP contribution in [0.15, 0.2) is 4.99 Å². The van der Waals surface area contributed by atoms with E-state index in [1.807, 2.05) is 27.7 Å². The molecule has 0 unspecified atom stereocenters. The second kappa shape index (κ2) is 3.61.